The quantitative estimate of drug-likeness (QED) is 0.741. The van der Waals surface area contributed by atoms with Gasteiger partial charge < -0.3 is 4.74 Å². The monoisotopic (exact) mass is 270 g/mol. The molecule has 0 spiro atoms. The number of hydrogen-bond acceptors (Lipinski definition) is 4. The number of ether oxygens (including phenoxy) is 1. The molecule has 0 unspecified atom stereocenters. The zero-order chi connectivity index (χ0) is 14.1. The number of rotatable bonds is 3. The summed E-state index contributed by atoms with van der Waals surface area (Å²) in [4.78, 5) is 11.4. The second-order valence-corrected chi connectivity index (χ2v) is 4.39. The van der Waals surface area contributed by atoms with Gasteiger partial charge in [-0.15, -0.1) is 0 Å². The van der Waals surface area contributed by atoms with Crippen LogP contribution >= 0.6 is 0 Å². The summed E-state index contributed by atoms with van der Waals surface area (Å²) in [5.41, 5.74) is 3.02. The van der Waals surface area contributed by atoms with Gasteiger partial charge in [-0.05, 0) is 19.1 Å². The minimum Gasteiger partial charge on any atom is -0.464 e. The molecule has 0 saturated heterocycles. The van der Waals surface area contributed by atoms with Crippen molar-refractivity contribution in [1.82, 2.24) is 20.0 Å². The normalized spacial score (nSPS) is 10.9. The van der Waals surface area contributed by atoms with Gasteiger partial charge in [0, 0.05) is 17.5 Å². The van der Waals surface area contributed by atoms with Gasteiger partial charge in [-0.2, -0.15) is 10.2 Å². The van der Waals surface area contributed by atoms with E-state index in [2.05, 4.69) is 20.0 Å². The molecule has 1 aromatic carbocycles. The van der Waals surface area contributed by atoms with Gasteiger partial charge in [0.15, 0.2) is 0 Å². The predicted molar refractivity (Wildman–Crippen MR) is 74.3 cm³/mol. The third-order valence-corrected chi connectivity index (χ3v) is 3.22. The van der Waals surface area contributed by atoms with Gasteiger partial charge in [0.2, 0.25) is 0 Å². The number of nitrogens with zero attached hydrogens (tertiary/aromatic N) is 3. The number of nitrogens with one attached hydrogen (secondary N) is 1. The van der Waals surface area contributed by atoms with Crippen LogP contribution in [0.4, 0.5) is 0 Å². The van der Waals surface area contributed by atoms with E-state index in [1.165, 1.54) is 7.11 Å². The number of aryl methyl sites for hydroxylation is 1. The summed E-state index contributed by atoms with van der Waals surface area (Å²) >= 11 is 0. The van der Waals surface area contributed by atoms with Crippen molar-refractivity contribution in [1.29, 1.82) is 0 Å². The summed E-state index contributed by atoms with van der Waals surface area (Å²) in [6, 6.07) is 7.65. The first-order chi connectivity index (χ1) is 9.72. The van der Waals surface area contributed by atoms with Crippen molar-refractivity contribution in [2.24, 2.45) is 0 Å². The third-order valence-electron chi connectivity index (χ3n) is 3.22. The second kappa shape index (κ2) is 4.80. The highest BCUT2D eigenvalue weighted by Crippen LogP contribution is 2.23. The Hall–Kier alpha value is -2.63. The van der Waals surface area contributed by atoms with Crippen LogP contribution in [-0.2, 0) is 11.3 Å². The Morgan fingerprint density at radius 1 is 1.40 bits per heavy atom. The zero-order valence-electron chi connectivity index (χ0n) is 11.3. The molecule has 0 aliphatic carbocycles. The average molecular weight is 270 g/mol. The maximum absolute atomic E-state index is 11.4. The Labute approximate surface area is 115 Å². The number of methoxy groups -OCH3 is 1. The maximum atomic E-state index is 11.4. The number of carbonyl (C=O) groups excluding carboxylic acids is 1. The minimum absolute atomic E-state index is 0.339. The summed E-state index contributed by atoms with van der Waals surface area (Å²) in [5, 5.41) is 12.2. The van der Waals surface area contributed by atoms with Gasteiger partial charge in [0.1, 0.15) is 5.69 Å². The lowest BCUT2D eigenvalue weighted by molar-refractivity contribution is 0.0594. The number of esters is 1. The summed E-state index contributed by atoms with van der Waals surface area (Å²) in [5.74, 6) is -0.427. The molecule has 0 saturated carbocycles. The van der Waals surface area contributed by atoms with Crippen LogP contribution in [0.1, 0.15) is 17.4 Å². The van der Waals surface area contributed by atoms with Crippen molar-refractivity contribution in [3.05, 3.63) is 36.2 Å². The Bertz CT molecular complexity index is 772. The molecule has 0 aliphatic rings. The van der Waals surface area contributed by atoms with Crippen LogP contribution in [-0.4, -0.2) is 33.1 Å². The predicted octanol–water partition coefficient (Wildman–Crippen LogP) is 2.23. The molecule has 102 valence electrons. The first-order valence-corrected chi connectivity index (χ1v) is 6.32. The third kappa shape index (κ3) is 1.95. The highest BCUT2D eigenvalue weighted by Gasteiger charge is 2.12. The van der Waals surface area contributed by atoms with E-state index < -0.39 is 5.97 Å². The van der Waals surface area contributed by atoms with Crippen molar-refractivity contribution < 1.29 is 9.53 Å². The second-order valence-electron chi connectivity index (χ2n) is 4.39. The zero-order valence-corrected chi connectivity index (χ0v) is 11.3. The van der Waals surface area contributed by atoms with E-state index in [4.69, 9.17) is 0 Å². The van der Waals surface area contributed by atoms with E-state index in [-0.39, 0.29) is 0 Å². The number of H-pyrrole nitrogens is 1. The Morgan fingerprint density at radius 3 is 3.00 bits per heavy atom. The highest BCUT2D eigenvalue weighted by atomic mass is 16.5. The lowest BCUT2D eigenvalue weighted by Gasteiger charge is -2.00. The number of aromatic amines is 1. The van der Waals surface area contributed by atoms with Crippen LogP contribution in [0.25, 0.3) is 22.2 Å². The summed E-state index contributed by atoms with van der Waals surface area (Å²) in [6.45, 7) is 2.85. The molecule has 0 amide bonds. The number of carbonyl (C=O) groups is 1. The van der Waals surface area contributed by atoms with Crippen molar-refractivity contribution in [2.45, 2.75) is 13.5 Å². The molecular formula is C14H14N4O2. The van der Waals surface area contributed by atoms with Gasteiger partial charge in [0.05, 0.1) is 24.5 Å². The van der Waals surface area contributed by atoms with Crippen molar-refractivity contribution >= 4 is 16.9 Å². The molecule has 3 aromatic rings. The molecule has 0 bridgehead atoms. The van der Waals surface area contributed by atoms with Crippen LogP contribution in [0.5, 0.6) is 0 Å². The average Bonchev–Trinajstić information content (AvgIpc) is 3.12. The van der Waals surface area contributed by atoms with Crippen molar-refractivity contribution in [3.8, 4) is 11.3 Å². The molecule has 0 aliphatic heterocycles. The van der Waals surface area contributed by atoms with Gasteiger partial charge in [-0.1, -0.05) is 12.1 Å². The summed E-state index contributed by atoms with van der Waals surface area (Å²) in [6.07, 6.45) is 1.84. The van der Waals surface area contributed by atoms with Crippen molar-refractivity contribution in [2.75, 3.05) is 7.11 Å². The fourth-order valence-electron chi connectivity index (χ4n) is 2.17. The minimum atomic E-state index is -0.427. The van der Waals surface area contributed by atoms with E-state index >= 15 is 0 Å². The summed E-state index contributed by atoms with van der Waals surface area (Å²) < 4.78 is 6.58. The molecule has 0 radical (unpaired) electrons. The van der Waals surface area contributed by atoms with Gasteiger partial charge in [0.25, 0.3) is 0 Å². The summed E-state index contributed by atoms with van der Waals surface area (Å²) in [7, 11) is 1.34. The molecule has 0 atom stereocenters. The van der Waals surface area contributed by atoms with E-state index in [0.29, 0.717) is 11.4 Å². The van der Waals surface area contributed by atoms with Crippen LogP contribution in [0.3, 0.4) is 0 Å². The Kier molecular flexibility index (Phi) is 2.98. The molecule has 2 heterocycles. The Balaban J connectivity index is 2.05. The van der Waals surface area contributed by atoms with E-state index in [1.807, 2.05) is 36.0 Å². The molecule has 6 heteroatoms. The maximum Gasteiger partial charge on any atom is 0.356 e. The number of fused-ring (bicyclic) bond motifs is 1. The lowest BCUT2D eigenvalue weighted by Crippen LogP contribution is -2.00. The van der Waals surface area contributed by atoms with E-state index in [0.717, 1.165) is 23.0 Å². The standard InChI is InChI=1S/C14H14N4O2/c1-3-18-13-6-9(4-5-10(13)8-15-18)11-7-12(17-16-11)14(19)20-2/h4-8H,3H2,1-2H3,(H,16,17). The number of aromatic nitrogens is 4. The first kappa shape index (κ1) is 12.4. The molecule has 6 nitrogen and oxygen atoms in total. The van der Waals surface area contributed by atoms with Crippen LogP contribution < -0.4 is 0 Å². The molecule has 3 rings (SSSR count). The number of benzene rings is 1. The Morgan fingerprint density at radius 2 is 2.25 bits per heavy atom. The first-order valence-electron chi connectivity index (χ1n) is 6.32. The highest BCUT2D eigenvalue weighted by molar-refractivity contribution is 5.89. The van der Waals surface area contributed by atoms with Crippen LogP contribution in [0, 0.1) is 0 Å². The van der Waals surface area contributed by atoms with Gasteiger partial charge in [-0.3, -0.25) is 9.78 Å². The molecule has 1 N–H and O–H groups in total. The van der Waals surface area contributed by atoms with Gasteiger partial charge in [-0.25, -0.2) is 4.79 Å². The fourth-order valence-corrected chi connectivity index (χ4v) is 2.17. The molecular weight excluding hydrogens is 256 g/mol. The van der Waals surface area contributed by atoms with Crippen LogP contribution in [0.2, 0.25) is 0 Å². The lowest BCUT2D eigenvalue weighted by atomic mass is 10.1. The molecule has 0 fully saturated rings. The SMILES string of the molecule is CCn1ncc2ccc(-c3cc(C(=O)OC)[nH]n3)cc21. The number of hydrogen-bond donors (Lipinski definition) is 1. The molecule has 20 heavy (non-hydrogen) atoms. The molecule has 2 aromatic heterocycles. The van der Waals surface area contributed by atoms with E-state index in [9.17, 15) is 4.79 Å². The fraction of sp³-hybridized carbons (Fsp3) is 0.214. The van der Waals surface area contributed by atoms with E-state index in [1.54, 1.807) is 6.07 Å². The van der Waals surface area contributed by atoms with Gasteiger partial charge >= 0.3 is 5.97 Å². The van der Waals surface area contributed by atoms with Crippen molar-refractivity contribution in [3.63, 3.8) is 0 Å². The smallest absolute Gasteiger partial charge is 0.356 e. The topological polar surface area (TPSA) is 72.8 Å². The largest absolute Gasteiger partial charge is 0.464 e. The van der Waals surface area contributed by atoms with Crippen LogP contribution in [0.15, 0.2) is 30.5 Å².